The van der Waals surface area contributed by atoms with Crippen LogP contribution in [0, 0.1) is 17.8 Å². The fourth-order valence-corrected chi connectivity index (χ4v) is 8.71. The Kier molecular flexibility index (Phi) is 63.3. The summed E-state index contributed by atoms with van der Waals surface area (Å²) in [5, 5.41) is 48.0. The summed E-state index contributed by atoms with van der Waals surface area (Å²) in [6.07, 6.45) is 8.57. The number of aromatic hydroxyl groups is 1. The van der Waals surface area contributed by atoms with E-state index in [0.717, 1.165) is 114 Å². The van der Waals surface area contributed by atoms with E-state index >= 15 is 0 Å². The van der Waals surface area contributed by atoms with Gasteiger partial charge in [0, 0.05) is 59.4 Å². The molecule has 522 valence electrons. The summed E-state index contributed by atoms with van der Waals surface area (Å²) >= 11 is 0. The summed E-state index contributed by atoms with van der Waals surface area (Å²) in [5.74, 6) is 2.49. The number of esters is 3. The van der Waals surface area contributed by atoms with Gasteiger partial charge in [0.2, 0.25) is 0 Å². The molecule has 0 aliphatic carbocycles. The van der Waals surface area contributed by atoms with Crippen LogP contribution >= 0.6 is 12.4 Å². The number of rotatable bonds is 24. The van der Waals surface area contributed by atoms with Gasteiger partial charge in [0.05, 0.1) is 59.5 Å². The molecular weight excluding hydrogens is 1480 g/mol. The molecule has 0 radical (unpaired) electrons. The zero-order valence-electron chi connectivity index (χ0n) is 57.6. The molecule has 92 heavy (non-hydrogen) atoms. The summed E-state index contributed by atoms with van der Waals surface area (Å²) in [6.45, 7) is 21.4. The Morgan fingerprint density at radius 2 is 1.03 bits per heavy atom. The monoisotopic (exact) mass is 1590 g/mol. The molecule has 0 unspecified atom stereocenters. The number of hydrogen-bond donors (Lipinski definition) is 5. The molecule has 0 aromatic heterocycles. The number of nitrogens with two attached hydrogens (primary N) is 1. The van der Waals surface area contributed by atoms with Gasteiger partial charge in [-0.25, -0.2) is 0 Å². The molecule has 3 saturated heterocycles. The van der Waals surface area contributed by atoms with E-state index in [-0.39, 0.29) is 196 Å². The second-order valence-corrected chi connectivity index (χ2v) is 24.4. The Balaban J connectivity index is -0.000000259. The van der Waals surface area contributed by atoms with Crippen LogP contribution in [0.3, 0.4) is 0 Å². The van der Waals surface area contributed by atoms with Crippen LogP contribution in [0.4, 0.5) is 4.39 Å². The van der Waals surface area contributed by atoms with Crippen LogP contribution in [0.25, 0.3) is 0 Å². The topological polar surface area (TPSA) is 325 Å². The Bertz CT molecular complexity index is 2460. The van der Waals surface area contributed by atoms with Crippen molar-refractivity contribution in [2.75, 3.05) is 86.0 Å². The maximum Gasteiger partial charge on any atom is 1.00 e. The molecule has 3 fully saturated rings. The van der Waals surface area contributed by atoms with E-state index in [9.17, 15) is 47.6 Å². The van der Waals surface area contributed by atoms with Gasteiger partial charge in [0.1, 0.15) is 28.5 Å². The van der Waals surface area contributed by atoms with Gasteiger partial charge >= 0.3 is 156 Å². The van der Waals surface area contributed by atoms with E-state index in [1.54, 1.807) is 25.1 Å². The number of aliphatic hydroxyl groups excluding tert-OH is 3. The molecule has 0 saturated carbocycles. The first kappa shape index (κ1) is 97.2. The summed E-state index contributed by atoms with van der Waals surface area (Å²) < 4.78 is 83.8. The zero-order valence-corrected chi connectivity index (χ0v) is 69.8. The SMILES string of the molecule is C.CC(C)(C)OC(=O)CCC[C@@H](O)c1cccc(O)c1.CC(C)(C)OC(=O)CCC[C@@H](O)c1cccc(OCC2CCOCC2)c1.CCOC(C)=O.CS(=O)(=O)OCC1CCOCC1.Cl.NCC[C@@H](O)c1cccc(OCC2CCOCC2)c1.O=CO[O-].[2H]CF.[Cs+].[Cs+].[H-]. The number of carbonyl (C=O) groups is 4. The van der Waals surface area contributed by atoms with Crippen LogP contribution in [0.5, 0.6) is 17.2 Å². The Labute approximate surface area is 674 Å². The fraction of sp³-hybridized carbons (Fsp3) is 0.662. The van der Waals surface area contributed by atoms with Crippen LogP contribution < -0.4 is 158 Å². The predicted molar refractivity (Wildman–Crippen MR) is 343 cm³/mol. The number of benzene rings is 3. The molecule has 22 nitrogen and oxygen atoms in total. The number of alkyl halides is 1. The number of phenols is 1. The van der Waals surface area contributed by atoms with Crippen LogP contribution in [0.2, 0.25) is 0 Å². The normalized spacial score (nSPS) is 14.9. The molecule has 0 spiro atoms. The van der Waals surface area contributed by atoms with Crippen molar-refractivity contribution in [3.63, 3.8) is 0 Å². The van der Waals surface area contributed by atoms with Crippen molar-refractivity contribution in [2.24, 2.45) is 23.5 Å². The molecule has 6 rings (SSSR count). The van der Waals surface area contributed by atoms with Crippen molar-refractivity contribution in [3.05, 3.63) is 89.5 Å². The maximum absolute atomic E-state index is 11.7. The number of aliphatic hydroxyl groups is 3. The minimum atomic E-state index is -3.26. The third-order valence-electron chi connectivity index (χ3n) is 12.6. The van der Waals surface area contributed by atoms with Crippen molar-refractivity contribution in [1.29, 1.82) is 0 Å². The van der Waals surface area contributed by atoms with E-state index in [0.29, 0.717) is 88.2 Å². The molecule has 27 heteroatoms. The van der Waals surface area contributed by atoms with Crippen molar-refractivity contribution in [1.82, 2.24) is 0 Å². The van der Waals surface area contributed by atoms with E-state index in [4.69, 9.17) is 50.3 Å². The number of ether oxygens (including phenoxy) is 8. The first-order chi connectivity index (χ1) is 42.1. The van der Waals surface area contributed by atoms with Crippen molar-refractivity contribution in [2.45, 2.75) is 176 Å². The molecule has 3 aliphatic heterocycles. The third kappa shape index (κ3) is 56.8. The van der Waals surface area contributed by atoms with Gasteiger partial charge in [0.25, 0.3) is 16.6 Å². The molecule has 3 heterocycles. The Hall–Kier alpha value is -1.15. The Morgan fingerprint density at radius 1 is 0.696 bits per heavy atom. The fourth-order valence-electron chi connectivity index (χ4n) is 8.27. The molecule has 6 N–H and O–H groups in total. The van der Waals surface area contributed by atoms with Crippen molar-refractivity contribution >= 4 is 46.9 Å². The van der Waals surface area contributed by atoms with E-state index in [1.807, 2.05) is 90.1 Å². The second-order valence-electron chi connectivity index (χ2n) is 22.7. The summed E-state index contributed by atoms with van der Waals surface area (Å²) in [4.78, 5) is 44.3. The van der Waals surface area contributed by atoms with Crippen LogP contribution in [-0.4, -0.2) is 150 Å². The summed E-state index contributed by atoms with van der Waals surface area (Å²) in [7, 11) is -4.26. The van der Waals surface area contributed by atoms with Gasteiger partial charge in [0.15, 0.2) is 0 Å². The molecule has 3 aromatic rings. The van der Waals surface area contributed by atoms with Gasteiger partial charge < -0.3 is 75.6 Å². The van der Waals surface area contributed by atoms with Crippen LogP contribution in [0.1, 0.15) is 184 Å². The smallest absolute Gasteiger partial charge is 1.00 e. The predicted octanol–water partition coefficient (Wildman–Crippen LogP) is 4.01. The number of carbonyl (C=O) groups excluding carboxylic acids is 4. The van der Waals surface area contributed by atoms with E-state index < -0.39 is 46.8 Å². The third-order valence-corrected chi connectivity index (χ3v) is 13.2. The average molecular weight is 1590 g/mol. The maximum atomic E-state index is 11.7. The van der Waals surface area contributed by atoms with Gasteiger partial charge in [-0.15, -0.1) is 12.4 Å². The van der Waals surface area contributed by atoms with Crippen LogP contribution in [0.15, 0.2) is 72.8 Å². The summed E-state index contributed by atoms with van der Waals surface area (Å²) in [5.41, 5.74) is 6.87. The molecule has 3 atom stereocenters. The quantitative estimate of drug-likeness (QED) is 0.0211. The van der Waals surface area contributed by atoms with Gasteiger partial charge in [-0.05, 0) is 196 Å². The molecule has 0 amide bonds. The second kappa shape index (κ2) is 59.9. The van der Waals surface area contributed by atoms with Crippen molar-refractivity contribution in [3.8, 4) is 17.2 Å². The van der Waals surface area contributed by atoms with E-state index in [1.165, 1.54) is 13.0 Å². The van der Waals surface area contributed by atoms with Gasteiger partial charge in [-0.1, -0.05) is 43.8 Å². The largest absolute Gasteiger partial charge is 1.00 e. The van der Waals surface area contributed by atoms with E-state index in [2.05, 4.69) is 13.8 Å². The van der Waals surface area contributed by atoms with Crippen molar-refractivity contribution < 1.29 is 245 Å². The average Bonchev–Trinajstić information content (AvgIpc) is 1.07. The first-order valence-electron chi connectivity index (χ1n) is 30.5. The molecule has 3 aromatic carbocycles. The Morgan fingerprint density at radius 3 is 1.33 bits per heavy atom. The number of halogens is 2. The zero-order chi connectivity index (χ0) is 67.1. The molecular formula is C65H109ClCs2FNO21S. The minimum Gasteiger partial charge on any atom is -1.00 e. The summed E-state index contributed by atoms with van der Waals surface area (Å²) in [6, 6.07) is 21.7. The van der Waals surface area contributed by atoms with Gasteiger partial charge in [-0.3, -0.25) is 27.8 Å². The minimum absolute atomic E-state index is 0. The standard InChI is InChI=1S/C21H32O5.C15H23NO3.C15H22O4.C7H14O4S.C4H8O2.CH3F.CH2O3.CH4.ClH.2Cs.H/c1-21(2,3)26-20(23)9-5-8-19(22)17-6-4-7-18(14-17)25-15-16-10-12-24-13-11-16;16-7-4-15(17)13-2-1-3-14(10-13)19-11-12-5-8-18-9-6-12;1-15(2,3)19-14(18)9-5-8-13(17)11-6-4-7-12(16)10-11;1-12(8,9)11-6-7-2-4-10-5-3-7;1-3-6-4(2)5;1-2;2-1-4-3;;;;;/h4,6-7,14,16,19,22H,5,8-13,15H2,1-3H3;1-3,10,12,15,17H,4-9,11,16H2;4,6-7,10,13,16-17H,5,8-9H2,1-3H3;7H,2-6H2,1H3;3H2,1-2H3;1H3;1,3H;1H4;1H;;;/q;;;;;;;;;2*+1;-1/p-1/t19-;15-;13-;;;;;;;;;/m111........./s1/i;;;;;1D;;;;;;. The van der Waals surface area contributed by atoms with Gasteiger partial charge in [-0.2, -0.15) is 8.42 Å². The molecule has 3 aliphatic rings. The number of phenolic OH excluding ortho intramolecular Hbond substituents is 1. The first-order valence-corrected chi connectivity index (χ1v) is 31.6. The molecule has 0 bridgehead atoms. The van der Waals surface area contributed by atoms with Crippen LogP contribution in [-0.2, 0) is 66.8 Å². The number of hydrogen-bond acceptors (Lipinski definition) is 22.